The second kappa shape index (κ2) is 16.4. The van der Waals surface area contributed by atoms with E-state index in [2.05, 4.69) is 232 Å². The molecule has 358 valence electrons. The summed E-state index contributed by atoms with van der Waals surface area (Å²) in [5.74, 6) is 2.77. The van der Waals surface area contributed by atoms with Crippen molar-refractivity contribution >= 4 is 84.6 Å². The lowest BCUT2D eigenvalue weighted by Crippen LogP contribution is -2.22. The van der Waals surface area contributed by atoms with Crippen molar-refractivity contribution in [3.63, 3.8) is 0 Å². The normalized spacial score (nSPS) is 16.7. The van der Waals surface area contributed by atoms with Crippen molar-refractivity contribution in [3.8, 4) is 16.9 Å². The Hall–Kier alpha value is -8.80. The van der Waals surface area contributed by atoms with Crippen LogP contribution in [0.25, 0.3) is 67.3 Å². The molecule has 0 saturated carbocycles. The molecule has 0 fully saturated rings. The molecule has 1 aliphatic heterocycles. The van der Waals surface area contributed by atoms with Gasteiger partial charge in [-0.15, -0.1) is 0 Å². The molecular weight excluding hydrogens is 905 g/mol. The Morgan fingerprint density at radius 3 is 2.07 bits per heavy atom. The van der Waals surface area contributed by atoms with Crippen molar-refractivity contribution in [2.45, 2.75) is 57.8 Å². The van der Waals surface area contributed by atoms with E-state index in [1.807, 2.05) is 25.2 Å². The van der Waals surface area contributed by atoms with Gasteiger partial charge in [0.25, 0.3) is 0 Å². The number of anilines is 5. The van der Waals surface area contributed by atoms with E-state index in [1.165, 1.54) is 50.1 Å². The molecule has 4 aliphatic rings. The Morgan fingerprint density at radius 2 is 1.28 bits per heavy atom. The average molecular weight is 959 g/mol. The molecule has 3 aliphatic carbocycles. The predicted octanol–water partition coefficient (Wildman–Crippen LogP) is 19.1. The lowest BCUT2D eigenvalue weighted by atomic mass is 9.73. The first kappa shape index (κ1) is 43.9. The van der Waals surface area contributed by atoms with Crippen molar-refractivity contribution < 1.29 is 13.6 Å². The van der Waals surface area contributed by atoms with Crippen LogP contribution in [0, 0.1) is 0 Å². The summed E-state index contributed by atoms with van der Waals surface area (Å²) in [6, 6.07) is 63.1. The fraction of sp³-hybridized carbons (Fsp3) is 0.130. The van der Waals surface area contributed by atoms with Crippen LogP contribution >= 0.6 is 0 Å². The number of ether oxygens (including phenoxy) is 1. The van der Waals surface area contributed by atoms with E-state index in [9.17, 15) is 0 Å². The number of para-hydroxylation sites is 3. The number of hydrogen-bond donors (Lipinski definition) is 0. The van der Waals surface area contributed by atoms with Crippen LogP contribution < -0.4 is 14.5 Å². The minimum absolute atomic E-state index is 0.0789. The van der Waals surface area contributed by atoms with E-state index in [0.717, 1.165) is 96.3 Å². The minimum Gasteiger partial charge on any atom is -0.459 e. The zero-order valence-electron chi connectivity index (χ0n) is 42.2. The van der Waals surface area contributed by atoms with Gasteiger partial charge in [0.2, 0.25) is 0 Å². The summed E-state index contributed by atoms with van der Waals surface area (Å²) < 4.78 is 20.8. The van der Waals surface area contributed by atoms with Crippen molar-refractivity contribution in [2.75, 3.05) is 9.80 Å². The summed E-state index contributed by atoms with van der Waals surface area (Å²) >= 11 is 0. The zero-order chi connectivity index (χ0) is 50.0. The van der Waals surface area contributed by atoms with Crippen LogP contribution in [0.2, 0.25) is 0 Å². The lowest BCUT2D eigenvalue weighted by molar-refractivity contribution is 0.418. The lowest BCUT2D eigenvalue weighted by Gasteiger charge is -2.32. The van der Waals surface area contributed by atoms with Gasteiger partial charge in [-0.3, -0.25) is 0 Å². The molecule has 14 rings (SSSR count). The molecule has 0 radical (unpaired) electrons. The van der Waals surface area contributed by atoms with Gasteiger partial charge in [0.1, 0.15) is 28.4 Å². The Bertz CT molecular complexity index is 4100. The molecule has 0 amide bonds. The Morgan fingerprint density at radius 1 is 0.608 bits per heavy atom. The van der Waals surface area contributed by atoms with Crippen molar-refractivity contribution in [1.29, 1.82) is 0 Å². The number of nitrogens with zero attached hydrogens (tertiary/aromatic N) is 2. The Balaban J connectivity index is 0.976. The molecule has 0 N–H and O–H groups in total. The third-order valence-electron chi connectivity index (χ3n) is 16.2. The largest absolute Gasteiger partial charge is 0.459 e. The highest BCUT2D eigenvalue weighted by Crippen LogP contribution is 2.66. The quantitative estimate of drug-likeness (QED) is 0.144. The number of fused-ring (bicyclic) bond motifs is 13. The second-order valence-electron chi connectivity index (χ2n) is 21.1. The van der Waals surface area contributed by atoms with E-state index in [-0.39, 0.29) is 16.7 Å². The van der Waals surface area contributed by atoms with Gasteiger partial charge < -0.3 is 23.4 Å². The predicted molar refractivity (Wildman–Crippen MR) is 307 cm³/mol. The molecule has 3 heterocycles. The van der Waals surface area contributed by atoms with Gasteiger partial charge in [-0.25, -0.2) is 0 Å². The van der Waals surface area contributed by atoms with E-state index < -0.39 is 0 Å². The number of allylic oxidation sites excluding steroid dienone is 6. The molecule has 2 aromatic heterocycles. The molecule has 8 aromatic carbocycles. The first-order chi connectivity index (χ1) is 36.1. The Labute approximate surface area is 432 Å². The fourth-order valence-electron chi connectivity index (χ4n) is 13.1. The van der Waals surface area contributed by atoms with Gasteiger partial charge in [0.15, 0.2) is 5.58 Å². The van der Waals surface area contributed by atoms with Gasteiger partial charge in [-0.2, -0.15) is 0 Å². The van der Waals surface area contributed by atoms with Gasteiger partial charge in [0.05, 0.1) is 17.3 Å². The monoisotopic (exact) mass is 958 g/mol. The summed E-state index contributed by atoms with van der Waals surface area (Å²) in [5.41, 5.74) is 20.4. The van der Waals surface area contributed by atoms with E-state index in [0.29, 0.717) is 0 Å². The summed E-state index contributed by atoms with van der Waals surface area (Å²) in [4.78, 5) is 4.71. The molecule has 0 spiro atoms. The van der Waals surface area contributed by atoms with Crippen LogP contribution in [0.15, 0.2) is 221 Å². The SMILES string of the molecule is C=Cc1c(/C=C\C)oc2ccc3c(c12)C(C)(C)C1=C3C(C)(C)c2ccc3oc4c(N(C5=C6Oc7ccccc7C6CC=C5)c5cccc(N(c6ccccc6)c6ccc(-c7ccccc7)cc6)c5)cccc4c3c21. The van der Waals surface area contributed by atoms with Crippen LogP contribution in [-0.2, 0) is 10.8 Å². The minimum atomic E-state index is -0.376. The topological polar surface area (TPSA) is 42.0 Å². The molecule has 0 saturated heterocycles. The van der Waals surface area contributed by atoms with Gasteiger partial charge >= 0.3 is 0 Å². The smallest absolute Gasteiger partial charge is 0.159 e. The standard InChI is InChI=1S/C69H54N2O3/c1-7-20-56-48(8-2)61-59(72-56)39-37-52-63(61)69(5,6)65-62-53(68(3,4)64(52)65)38-40-58-60(62)51-29-19-31-55(67(51)74-58)71(54-30-18-28-50-49-27-15-16-32-57(49)73-66(50)54)47-26-17-25-46(41-47)70(44-23-13-10-14-24-44)45-35-33-43(34-36-45)42-21-11-9-12-22-42/h7-27,29-41,50H,2,28H2,1,3-6H3/b20-7-. The van der Waals surface area contributed by atoms with Crippen LogP contribution in [-0.4, -0.2) is 0 Å². The molecule has 1 atom stereocenters. The summed E-state index contributed by atoms with van der Waals surface area (Å²) in [6.45, 7) is 15.9. The van der Waals surface area contributed by atoms with Crippen molar-refractivity contribution in [1.82, 2.24) is 0 Å². The van der Waals surface area contributed by atoms with Gasteiger partial charge in [0, 0.05) is 60.9 Å². The van der Waals surface area contributed by atoms with Gasteiger partial charge in [-0.1, -0.05) is 162 Å². The van der Waals surface area contributed by atoms with Crippen molar-refractivity contribution in [2.24, 2.45) is 0 Å². The molecule has 5 nitrogen and oxygen atoms in total. The molecule has 74 heavy (non-hydrogen) atoms. The maximum absolute atomic E-state index is 7.34. The average Bonchev–Trinajstić information content (AvgIpc) is 4.41. The molecule has 1 unspecified atom stereocenters. The highest BCUT2D eigenvalue weighted by Gasteiger charge is 2.52. The summed E-state index contributed by atoms with van der Waals surface area (Å²) in [7, 11) is 0. The summed E-state index contributed by atoms with van der Waals surface area (Å²) in [5, 5.41) is 3.36. The van der Waals surface area contributed by atoms with E-state index in [4.69, 9.17) is 13.6 Å². The molecule has 10 aromatic rings. The number of benzene rings is 8. The van der Waals surface area contributed by atoms with Crippen LogP contribution in [0.5, 0.6) is 5.75 Å². The van der Waals surface area contributed by atoms with E-state index >= 15 is 0 Å². The zero-order valence-corrected chi connectivity index (χ0v) is 42.2. The molecule has 5 heteroatoms. The number of rotatable bonds is 9. The highest BCUT2D eigenvalue weighted by atomic mass is 16.5. The number of hydrogen-bond acceptors (Lipinski definition) is 5. The maximum atomic E-state index is 7.34. The van der Waals surface area contributed by atoms with Crippen LogP contribution in [0.3, 0.4) is 0 Å². The first-order valence-corrected chi connectivity index (χ1v) is 25.8. The first-order valence-electron chi connectivity index (χ1n) is 25.8. The van der Waals surface area contributed by atoms with E-state index in [1.54, 1.807) is 0 Å². The van der Waals surface area contributed by atoms with Crippen LogP contribution in [0.4, 0.5) is 28.4 Å². The van der Waals surface area contributed by atoms with Gasteiger partial charge in [-0.05, 0) is 137 Å². The number of furan rings is 2. The highest BCUT2D eigenvalue weighted by molar-refractivity contribution is 6.22. The third kappa shape index (κ3) is 6.29. The molecular formula is C69H54N2O3. The maximum Gasteiger partial charge on any atom is 0.159 e. The second-order valence-corrected chi connectivity index (χ2v) is 21.1. The van der Waals surface area contributed by atoms with Crippen molar-refractivity contribution in [3.05, 3.63) is 251 Å². The fourth-order valence-corrected chi connectivity index (χ4v) is 13.1. The molecule has 0 bridgehead atoms. The van der Waals surface area contributed by atoms with Crippen LogP contribution in [0.1, 0.15) is 86.1 Å². The summed E-state index contributed by atoms with van der Waals surface area (Å²) in [6.07, 6.45) is 11.4. The Kier molecular flexibility index (Phi) is 9.71. The third-order valence-corrected chi connectivity index (χ3v) is 16.2.